The highest BCUT2D eigenvalue weighted by molar-refractivity contribution is 9.10. The lowest BCUT2D eigenvalue weighted by Gasteiger charge is -2.16. The standard InChI is InChI=1S/C21H21BrN2O2/c1-4-24-12-18(20(25)17-10-13(2)8-9-19(17)24)21(26)23-14(3)15-6-5-7-16(22)11-15/h5-12,14H,4H2,1-3H3,(H,23,26). The SMILES string of the molecule is CCn1cc(C(=O)NC(C)c2cccc(Br)c2)c(=O)c2cc(C)ccc21. The molecule has 1 N–H and O–H groups in total. The highest BCUT2D eigenvalue weighted by Gasteiger charge is 2.17. The summed E-state index contributed by atoms with van der Waals surface area (Å²) in [6, 6.07) is 13.3. The van der Waals surface area contributed by atoms with Gasteiger partial charge < -0.3 is 9.88 Å². The maximum Gasteiger partial charge on any atom is 0.257 e. The summed E-state index contributed by atoms with van der Waals surface area (Å²) in [7, 11) is 0. The van der Waals surface area contributed by atoms with E-state index in [1.807, 2.05) is 67.8 Å². The molecule has 1 aromatic heterocycles. The molecule has 0 aliphatic heterocycles. The van der Waals surface area contributed by atoms with Crippen molar-refractivity contribution in [3.63, 3.8) is 0 Å². The smallest absolute Gasteiger partial charge is 0.257 e. The first-order valence-electron chi connectivity index (χ1n) is 8.61. The van der Waals surface area contributed by atoms with Gasteiger partial charge in [-0.05, 0) is 50.6 Å². The third kappa shape index (κ3) is 3.58. The zero-order valence-corrected chi connectivity index (χ0v) is 16.6. The molecule has 0 saturated heterocycles. The van der Waals surface area contributed by atoms with Gasteiger partial charge >= 0.3 is 0 Å². The van der Waals surface area contributed by atoms with Crippen molar-refractivity contribution in [2.24, 2.45) is 0 Å². The number of rotatable bonds is 4. The normalized spacial score (nSPS) is 12.2. The van der Waals surface area contributed by atoms with Crippen molar-refractivity contribution in [1.82, 2.24) is 9.88 Å². The molecule has 26 heavy (non-hydrogen) atoms. The van der Waals surface area contributed by atoms with E-state index in [9.17, 15) is 9.59 Å². The molecule has 0 radical (unpaired) electrons. The number of benzene rings is 2. The van der Waals surface area contributed by atoms with E-state index in [0.717, 1.165) is 21.1 Å². The number of carbonyl (C=O) groups excluding carboxylic acids is 1. The van der Waals surface area contributed by atoms with Crippen LogP contribution in [0.4, 0.5) is 0 Å². The van der Waals surface area contributed by atoms with Crippen molar-refractivity contribution in [3.05, 3.63) is 80.0 Å². The van der Waals surface area contributed by atoms with Crippen LogP contribution < -0.4 is 10.7 Å². The highest BCUT2D eigenvalue weighted by atomic mass is 79.9. The Hall–Kier alpha value is -2.40. The van der Waals surface area contributed by atoms with E-state index >= 15 is 0 Å². The number of aromatic nitrogens is 1. The Morgan fingerprint density at radius 1 is 1.23 bits per heavy atom. The minimum absolute atomic E-state index is 0.173. The molecule has 0 aliphatic rings. The zero-order chi connectivity index (χ0) is 18.8. The molecule has 3 rings (SSSR count). The van der Waals surface area contributed by atoms with Crippen molar-refractivity contribution in [1.29, 1.82) is 0 Å². The Labute approximate surface area is 161 Å². The van der Waals surface area contributed by atoms with Crippen molar-refractivity contribution >= 4 is 32.7 Å². The fourth-order valence-electron chi connectivity index (χ4n) is 3.07. The number of nitrogens with zero attached hydrogens (tertiary/aromatic N) is 1. The molecule has 2 aromatic carbocycles. The molecule has 0 aliphatic carbocycles. The van der Waals surface area contributed by atoms with Gasteiger partial charge in [-0.25, -0.2) is 0 Å². The van der Waals surface area contributed by atoms with Crippen LogP contribution >= 0.6 is 15.9 Å². The molecule has 1 heterocycles. The number of aryl methyl sites for hydroxylation is 2. The van der Waals surface area contributed by atoms with E-state index in [1.165, 1.54) is 0 Å². The molecule has 1 amide bonds. The van der Waals surface area contributed by atoms with Gasteiger partial charge in [-0.3, -0.25) is 9.59 Å². The molecule has 0 saturated carbocycles. The summed E-state index contributed by atoms with van der Waals surface area (Å²) in [6.45, 7) is 6.53. The molecule has 0 fully saturated rings. The van der Waals surface area contributed by atoms with Crippen LogP contribution in [0, 0.1) is 6.92 Å². The Morgan fingerprint density at radius 3 is 2.69 bits per heavy atom. The van der Waals surface area contributed by atoms with E-state index in [2.05, 4.69) is 21.2 Å². The van der Waals surface area contributed by atoms with E-state index < -0.39 is 0 Å². The summed E-state index contributed by atoms with van der Waals surface area (Å²) in [5, 5.41) is 3.52. The number of nitrogens with one attached hydrogen (secondary N) is 1. The Balaban J connectivity index is 2.00. The molecule has 4 nitrogen and oxygen atoms in total. The average Bonchev–Trinajstić information content (AvgIpc) is 2.62. The first-order chi connectivity index (χ1) is 12.4. The third-order valence-corrected chi connectivity index (χ3v) is 5.01. The summed E-state index contributed by atoms with van der Waals surface area (Å²) < 4.78 is 2.89. The second-order valence-electron chi connectivity index (χ2n) is 6.43. The fourth-order valence-corrected chi connectivity index (χ4v) is 3.49. The number of halogens is 1. The molecular formula is C21H21BrN2O2. The van der Waals surface area contributed by atoms with E-state index in [0.29, 0.717) is 11.9 Å². The number of hydrogen-bond donors (Lipinski definition) is 1. The fraction of sp³-hybridized carbons (Fsp3) is 0.238. The maximum absolute atomic E-state index is 12.9. The van der Waals surface area contributed by atoms with Crippen LogP contribution in [-0.2, 0) is 6.54 Å². The first-order valence-corrected chi connectivity index (χ1v) is 9.40. The predicted molar refractivity (Wildman–Crippen MR) is 109 cm³/mol. The number of hydrogen-bond acceptors (Lipinski definition) is 2. The first kappa shape index (κ1) is 18.4. The largest absolute Gasteiger partial charge is 0.347 e. The van der Waals surface area contributed by atoms with E-state index in [1.54, 1.807) is 6.20 Å². The zero-order valence-electron chi connectivity index (χ0n) is 15.0. The molecule has 1 unspecified atom stereocenters. The lowest BCUT2D eigenvalue weighted by Crippen LogP contribution is -2.31. The van der Waals surface area contributed by atoms with E-state index in [4.69, 9.17) is 0 Å². The Kier molecular flexibility index (Phi) is 5.28. The predicted octanol–water partition coefficient (Wildman–Crippen LogP) is 4.58. The number of amides is 1. The topological polar surface area (TPSA) is 51.1 Å². The molecule has 0 spiro atoms. The summed E-state index contributed by atoms with van der Waals surface area (Å²) >= 11 is 3.44. The van der Waals surface area contributed by atoms with Crippen LogP contribution in [0.25, 0.3) is 10.9 Å². The van der Waals surface area contributed by atoms with Crippen LogP contribution in [0.5, 0.6) is 0 Å². The van der Waals surface area contributed by atoms with Crippen molar-refractivity contribution in [2.45, 2.75) is 33.4 Å². The van der Waals surface area contributed by atoms with Crippen molar-refractivity contribution in [2.75, 3.05) is 0 Å². The van der Waals surface area contributed by atoms with Gasteiger partial charge in [0.05, 0.1) is 11.6 Å². The van der Waals surface area contributed by atoms with Crippen molar-refractivity contribution < 1.29 is 4.79 Å². The second kappa shape index (κ2) is 7.46. The number of pyridine rings is 1. The van der Waals surface area contributed by atoms with Crippen LogP contribution in [0.15, 0.2) is 57.9 Å². The Morgan fingerprint density at radius 2 is 2.00 bits per heavy atom. The average molecular weight is 413 g/mol. The van der Waals surface area contributed by atoms with Gasteiger partial charge in [0.1, 0.15) is 5.56 Å². The summed E-state index contributed by atoms with van der Waals surface area (Å²) in [4.78, 5) is 25.7. The quantitative estimate of drug-likeness (QED) is 0.681. The van der Waals surface area contributed by atoms with Gasteiger partial charge in [0.2, 0.25) is 5.43 Å². The van der Waals surface area contributed by atoms with Gasteiger partial charge in [-0.1, -0.05) is 39.7 Å². The minimum Gasteiger partial charge on any atom is -0.347 e. The molecule has 0 bridgehead atoms. The maximum atomic E-state index is 12.9. The monoisotopic (exact) mass is 412 g/mol. The summed E-state index contributed by atoms with van der Waals surface area (Å²) in [6.07, 6.45) is 1.66. The molecular weight excluding hydrogens is 392 g/mol. The molecule has 3 aromatic rings. The van der Waals surface area contributed by atoms with Gasteiger partial charge in [0, 0.05) is 22.6 Å². The molecule has 5 heteroatoms. The van der Waals surface area contributed by atoms with Crippen LogP contribution in [0.2, 0.25) is 0 Å². The Bertz CT molecular complexity index is 1040. The number of fused-ring (bicyclic) bond motifs is 1. The van der Waals surface area contributed by atoms with Crippen LogP contribution in [0.3, 0.4) is 0 Å². The molecule has 134 valence electrons. The number of carbonyl (C=O) groups is 1. The van der Waals surface area contributed by atoms with Gasteiger partial charge in [-0.15, -0.1) is 0 Å². The van der Waals surface area contributed by atoms with Crippen molar-refractivity contribution in [3.8, 4) is 0 Å². The van der Waals surface area contributed by atoms with Crippen LogP contribution in [0.1, 0.15) is 41.4 Å². The van der Waals surface area contributed by atoms with Gasteiger partial charge in [0.15, 0.2) is 0 Å². The lowest BCUT2D eigenvalue weighted by molar-refractivity contribution is 0.0938. The summed E-state index contributed by atoms with van der Waals surface area (Å²) in [5.74, 6) is -0.354. The van der Waals surface area contributed by atoms with Gasteiger partial charge in [-0.2, -0.15) is 0 Å². The van der Waals surface area contributed by atoms with Crippen LogP contribution in [-0.4, -0.2) is 10.5 Å². The lowest BCUT2D eigenvalue weighted by atomic mass is 10.1. The third-order valence-electron chi connectivity index (χ3n) is 4.52. The summed E-state index contributed by atoms with van der Waals surface area (Å²) in [5.41, 5.74) is 2.76. The molecule has 1 atom stereocenters. The van der Waals surface area contributed by atoms with Gasteiger partial charge in [0.25, 0.3) is 5.91 Å². The second-order valence-corrected chi connectivity index (χ2v) is 7.34. The highest BCUT2D eigenvalue weighted by Crippen LogP contribution is 2.19. The minimum atomic E-state index is -0.354. The van der Waals surface area contributed by atoms with E-state index in [-0.39, 0.29) is 22.9 Å².